The minimum atomic E-state index is -0.254. The van der Waals surface area contributed by atoms with Gasteiger partial charge in [0.15, 0.2) is 0 Å². The highest BCUT2D eigenvalue weighted by atomic mass is 79.9. The Morgan fingerprint density at radius 2 is 2.19 bits per heavy atom. The lowest BCUT2D eigenvalue weighted by Gasteiger charge is -2.32. The predicted molar refractivity (Wildman–Crippen MR) is 108 cm³/mol. The highest BCUT2D eigenvalue weighted by Crippen LogP contribution is 2.24. The van der Waals surface area contributed by atoms with Crippen molar-refractivity contribution in [2.45, 2.75) is 32.4 Å². The highest BCUT2D eigenvalue weighted by molar-refractivity contribution is 9.10. The van der Waals surface area contributed by atoms with E-state index in [4.69, 9.17) is 4.74 Å². The number of amides is 1. The molecule has 0 bridgehead atoms. The van der Waals surface area contributed by atoms with E-state index in [1.54, 1.807) is 6.07 Å². The Labute approximate surface area is 166 Å². The average molecular weight is 437 g/mol. The molecule has 3 rings (SSSR count). The second-order valence-corrected chi connectivity index (χ2v) is 8.12. The van der Waals surface area contributed by atoms with Crippen LogP contribution in [0.4, 0.5) is 0 Å². The SMILES string of the molecule is CC(C)c1nn(CC(=O)NCC2COCCN2C)c(=O)c2ccc(Br)cc12. The van der Waals surface area contributed by atoms with Gasteiger partial charge in [-0.15, -0.1) is 0 Å². The first-order chi connectivity index (χ1) is 12.9. The molecule has 2 aromatic rings. The van der Waals surface area contributed by atoms with E-state index in [9.17, 15) is 9.59 Å². The summed E-state index contributed by atoms with van der Waals surface area (Å²) in [5, 5.41) is 8.77. The molecule has 7 nitrogen and oxygen atoms in total. The van der Waals surface area contributed by atoms with Crippen LogP contribution in [0.25, 0.3) is 10.8 Å². The van der Waals surface area contributed by atoms with Gasteiger partial charge in [-0.25, -0.2) is 4.68 Å². The van der Waals surface area contributed by atoms with Gasteiger partial charge in [-0.3, -0.25) is 14.5 Å². The van der Waals surface area contributed by atoms with Gasteiger partial charge in [0.2, 0.25) is 5.91 Å². The Kier molecular flexibility index (Phi) is 6.29. The fourth-order valence-corrected chi connectivity index (χ4v) is 3.55. The minimum absolute atomic E-state index is 0.0954. The van der Waals surface area contributed by atoms with Crippen LogP contribution in [0, 0.1) is 0 Å². The van der Waals surface area contributed by atoms with E-state index >= 15 is 0 Å². The fraction of sp³-hybridized carbons (Fsp3) is 0.526. The second kappa shape index (κ2) is 8.50. The number of nitrogens with zero attached hydrogens (tertiary/aromatic N) is 3. The number of aromatic nitrogens is 2. The van der Waals surface area contributed by atoms with Gasteiger partial charge in [0.1, 0.15) is 6.54 Å². The van der Waals surface area contributed by atoms with Gasteiger partial charge >= 0.3 is 0 Å². The lowest BCUT2D eigenvalue weighted by atomic mass is 10.0. The summed E-state index contributed by atoms with van der Waals surface area (Å²) in [6, 6.07) is 5.66. The van der Waals surface area contributed by atoms with E-state index in [1.807, 2.05) is 33.0 Å². The fourth-order valence-electron chi connectivity index (χ4n) is 3.19. The number of morpholine rings is 1. The Hall–Kier alpha value is -1.77. The molecule has 0 saturated carbocycles. The van der Waals surface area contributed by atoms with Crippen LogP contribution in [0.15, 0.2) is 27.5 Å². The third kappa shape index (κ3) is 4.56. The van der Waals surface area contributed by atoms with Crippen LogP contribution in [0.3, 0.4) is 0 Å². The molecule has 8 heteroatoms. The molecule has 1 aromatic carbocycles. The van der Waals surface area contributed by atoms with Crippen LogP contribution in [0.1, 0.15) is 25.5 Å². The molecule has 27 heavy (non-hydrogen) atoms. The number of likely N-dealkylation sites (N-methyl/N-ethyl adjacent to an activating group) is 1. The summed E-state index contributed by atoms with van der Waals surface area (Å²) >= 11 is 3.45. The molecule has 0 radical (unpaired) electrons. The maximum absolute atomic E-state index is 12.8. The van der Waals surface area contributed by atoms with Gasteiger partial charge in [-0.2, -0.15) is 5.10 Å². The summed E-state index contributed by atoms with van der Waals surface area (Å²) in [6.45, 7) is 6.60. The van der Waals surface area contributed by atoms with Crippen molar-refractivity contribution in [3.63, 3.8) is 0 Å². The molecule has 1 saturated heterocycles. The van der Waals surface area contributed by atoms with Crippen molar-refractivity contribution in [2.24, 2.45) is 0 Å². The molecule has 1 fully saturated rings. The van der Waals surface area contributed by atoms with E-state index in [0.29, 0.717) is 25.1 Å². The van der Waals surface area contributed by atoms with Gasteiger partial charge in [0.05, 0.1) is 30.3 Å². The van der Waals surface area contributed by atoms with Crippen LogP contribution in [-0.4, -0.2) is 60.0 Å². The molecule has 0 aliphatic carbocycles. The molecule has 1 atom stereocenters. The molecule has 1 aliphatic rings. The predicted octanol–water partition coefficient (Wildman–Crippen LogP) is 1.73. The zero-order chi connectivity index (χ0) is 19.6. The number of rotatable bonds is 5. The van der Waals surface area contributed by atoms with Crippen LogP contribution in [-0.2, 0) is 16.1 Å². The normalized spacial score (nSPS) is 18.2. The van der Waals surface area contributed by atoms with Crippen molar-refractivity contribution in [2.75, 3.05) is 33.4 Å². The van der Waals surface area contributed by atoms with Gasteiger partial charge < -0.3 is 10.1 Å². The molecule has 146 valence electrons. The van der Waals surface area contributed by atoms with Crippen LogP contribution >= 0.6 is 15.9 Å². The molecule has 2 heterocycles. The van der Waals surface area contributed by atoms with E-state index in [2.05, 4.69) is 31.2 Å². The molecule has 0 spiro atoms. The quantitative estimate of drug-likeness (QED) is 0.771. The van der Waals surface area contributed by atoms with E-state index in [1.165, 1.54) is 4.68 Å². The zero-order valence-corrected chi connectivity index (χ0v) is 17.5. The van der Waals surface area contributed by atoms with Crippen molar-refractivity contribution in [3.8, 4) is 0 Å². The van der Waals surface area contributed by atoms with Crippen LogP contribution < -0.4 is 10.9 Å². The maximum atomic E-state index is 12.8. The summed E-state index contributed by atoms with van der Waals surface area (Å²) in [5.74, 6) is -0.0977. The van der Waals surface area contributed by atoms with Gasteiger partial charge in [-0.1, -0.05) is 29.8 Å². The Balaban J connectivity index is 1.80. The number of fused-ring (bicyclic) bond motifs is 1. The Bertz CT molecular complexity index is 896. The highest BCUT2D eigenvalue weighted by Gasteiger charge is 2.20. The number of hydrogen-bond donors (Lipinski definition) is 1. The van der Waals surface area contributed by atoms with Gasteiger partial charge in [0.25, 0.3) is 5.56 Å². The maximum Gasteiger partial charge on any atom is 0.275 e. The van der Waals surface area contributed by atoms with Crippen molar-refractivity contribution < 1.29 is 9.53 Å². The molecule has 1 aromatic heterocycles. The third-order valence-corrected chi connectivity index (χ3v) is 5.34. The Morgan fingerprint density at radius 1 is 1.41 bits per heavy atom. The third-order valence-electron chi connectivity index (χ3n) is 4.85. The zero-order valence-electron chi connectivity index (χ0n) is 15.9. The number of carbonyl (C=O) groups excluding carboxylic acids is 1. The number of hydrogen-bond acceptors (Lipinski definition) is 5. The summed E-state index contributed by atoms with van der Waals surface area (Å²) in [4.78, 5) is 27.4. The summed E-state index contributed by atoms with van der Waals surface area (Å²) in [6.07, 6.45) is 0. The molecular weight excluding hydrogens is 412 g/mol. The molecule has 1 N–H and O–H groups in total. The van der Waals surface area contributed by atoms with E-state index < -0.39 is 0 Å². The lowest BCUT2D eigenvalue weighted by molar-refractivity contribution is -0.122. The smallest absolute Gasteiger partial charge is 0.275 e. The van der Waals surface area contributed by atoms with Crippen LogP contribution in [0.2, 0.25) is 0 Å². The van der Waals surface area contributed by atoms with Crippen molar-refractivity contribution >= 4 is 32.6 Å². The number of nitrogens with one attached hydrogen (secondary N) is 1. The summed E-state index contributed by atoms with van der Waals surface area (Å²) < 4.78 is 7.62. The Morgan fingerprint density at radius 3 is 2.89 bits per heavy atom. The van der Waals surface area contributed by atoms with E-state index in [0.717, 1.165) is 22.1 Å². The topological polar surface area (TPSA) is 76.5 Å². The number of halogens is 1. The van der Waals surface area contributed by atoms with Crippen molar-refractivity contribution in [3.05, 3.63) is 38.7 Å². The molecule has 1 amide bonds. The average Bonchev–Trinajstić information content (AvgIpc) is 2.63. The summed E-state index contributed by atoms with van der Waals surface area (Å²) in [5.41, 5.74) is 0.550. The standard InChI is InChI=1S/C19H25BrN4O3/c1-12(2)18-16-8-13(20)4-5-15(16)19(26)24(22-18)10-17(25)21-9-14-11-27-7-6-23(14)3/h4-5,8,12,14H,6-7,9-11H2,1-3H3,(H,21,25). The number of benzene rings is 1. The van der Waals surface area contributed by atoms with Crippen LogP contribution in [0.5, 0.6) is 0 Å². The second-order valence-electron chi connectivity index (χ2n) is 7.21. The van der Waals surface area contributed by atoms with E-state index in [-0.39, 0.29) is 30.0 Å². The number of ether oxygens (including phenoxy) is 1. The van der Waals surface area contributed by atoms with Gasteiger partial charge in [0, 0.05) is 22.9 Å². The first-order valence-electron chi connectivity index (χ1n) is 9.11. The monoisotopic (exact) mass is 436 g/mol. The van der Waals surface area contributed by atoms with Crippen molar-refractivity contribution in [1.29, 1.82) is 0 Å². The first kappa shape index (κ1) is 20.0. The largest absolute Gasteiger partial charge is 0.378 e. The molecule has 1 aliphatic heterocycles. The van der Waals surface area contributed by atoms with Gasteiger partial charge in [-0.05, 0) is 31.2 Å². The molecular formula is C19H25BrN4O3. The molecule has 1 unspecified atom stereocenters. The summed E-state index contributed by atoms with van der Waals surface area (Å²) in [7, 11) is 2.02. The lowest BCUT2D eigenvalue weighted by Crippen LogP contribution is -2.49. The number of carbonyl (C=O) groups is 1. The minimum Gasteiger partial charge on any atom is -0.378 e. The van der Waals surface area contributed by atoms with Crippen molar-refractivity contribution in [1.82, 2.24) is 20.0 Å². The first-order valence-corrected chi connectivity index (χ1v) is 9.91.